The van der Waals surface area contributed by atoms with Crippen LogP contribution in [0, 0.1) is 11.8 Å². The van der Waals surface area contributed by atoms with Crippen LogP contribution in [-0.2, 0) is 0 Å². The monoisotopic (exact) mass is 304 g/mol. The summed E-state index contributed by atoms with van der Waals surface area (Å²) in [5.41, 5.74) is 1.14. The van der Waals surface area contributed by atoms with E-state index >= 15 is 0 Å². The number of phenols is 1. The molecule has 3 nitrogen and oxygen atoms in total. The third-order valence-corrected chi connectivity index (χ3v) is 3.63. The lowest BCUT2D eigenvalue weighted by Gasteiger charge is -2.08. The number of methoxy groups -OCH3 is 1. The number of hydrogen-bond acceptors (Lipinski definition) is 3. The topological polar surface area (TPSA) is 49.7 Å². The van der Waals surface area contributed by atoms with Gasteiger partial charge in [-0.15, -0.1) is 0 Å². The molecule has 0 aliphatic heterocycles. The van der Waals surface area contributed by atoms with Crippen LogP contribution >= 0.6 is 0 Å². The fourth-order valence-corrected chi connectivity index (χ4v) is 2.38. The Bertz CT molecular complexity index is 903. The van der Waals surface area contributed by atoms with Gasteiger partial charge >= 0.3 is 0 Å². The van der Waals surface area contributed by atoms with Crippen molar-refractivity contribution in [3.8, 4) is 23.3 Å². The molecule has 3 rings (SSSR count). The average molecular weight is 304 g/mol. The molecule has 0 fully saturated rings. The van der Waals surface area contributed by atoms with Crippen LogP contribution in [0.2, 0.25) is 0 Å². The normalized spacial score (nSPS) is 11.6. The van der Waals surface area contributed by atoms with Gasteiger partial charge < -0.3 is 14.9 Å². The van der Waals surface area contributed by atoms with Crippen LogP contribution in [0.3, 0.4) is 0 Å². The third-order valence-electron chi connectivity index (χ3n) is 3.63. The molecular weight excluding hydrogens is 288 g/mol. The maximum Gasteiger partial charge on any atom is 0.144 e. The Labute approximate surface area is 134 Å². The summed E-state index contributed by atoms with van der Waals surface area (Å²) in [6.45, 7) is 0. The fourth-order valence-electron chi connectivity index (χ4n) is 2.38. The van der Waals surface area contributed by atoms with Crippen molar-refractivity contribution in [2.24, 2.45) is 0 Å². The van der Waals surface area contributed by atoms with Crippen molar-refractivity contribution >= 4 is 10.8 Å². The minimum Gasteiger partial charge on any atom is -0.508 e. The van der Waals surface area contributed by atoms with Crippen LogP contribution in [0.15, 0.2) is 60.7 Å². The molecule has 0 radical (unpaired) electrons. The van der Waals surface area contributed by atoms with Gasteiger partial charge in [0.05, 0.1) is 7.11 Å². The molecule has 0 aliphatic rings. The summed E-state index contributed by atoms with van der Waals surface area (Å²) in [6.07, 6.45) is -1.09. The number of hydrogen-bond donors (Lipinski definition) is 2. The van der Waals surface area contributed by atoms with E-state index in [2.05, 4.69) is 11.8 Å². The summed E-state index contributed by atoms with van der Waals surface area (Å²) in [5.74, 6) is 6.26. The fraction of sp³-hybridized carbons (Fsp3) is 0.100. The molecule has 3 aromatic rings. The van der Waals surface area contributed by atoms with Gasteiger partial charge in [-0.1, -0.05) is 42.2 Å². The number of aromatic hydroxyl groups is 1. The number of fused-ring (bicyclic) bond motifs is 1. The molecule has 2 N–H and O–H groups in total. The summed E-state index contributed by atoms with van der Waals surface area (Å²) in [7, 11) is 1.53. The Balaban J connectivity index is 1.90. The van der Waals surface area contributed by atoms with Crippen molar-refractivity contribution in [3.63, 3.8) is 0 Å². The summed E-state index contributed by atoms with van der Waals surface area (Å²) in [4.78, 5) is 0. The van der Waals surface area contributed by atoms with Crippen molar-refractivity contribution in [2.75, 3.05) is 7.11 Å². The van der Waals surface area contributed by atoms with Gasteiger partial charge in [0.2, 0.25) is 0 Å². The number of ether oxygens (including phenoxy) is 1. The first-order valence-corrected chi connectivity index (χ1v) is 7.22. The van der Waals surface area contributed by atoms with Crippen molar-refractivity contribution in [1.82, 2.24) is 0 Å². The quantitative estimate of drug-likeness (QED) is 0.711. The Kier molecular flexibility index (Phi) is 4.18. The highest BCUT2D eigenvalue weighted by Gasteiger charge is 2.10. The largest absolute Gasteiger partial charge is 0.508 e. The predicted molar refractivity (Wildman–Crippen MR) is 90.4 cm³/mol. The van der Waals surface area contributed by atoms with Crippen LogP contribution in [0.1, 0.15) is 17.2 Å². The summed E-state index contributed by atoms with van der Waals surface area (Å²) < 4.78 is 5.10. The molecule has 1 unspecified atom stereocenters. The maximum atomic E-state index is 10.2. The van der Waals surface area contributed by atoms with Gasteiger partial charge in [-0.2, -0.15) is 0 Å². The van der Waals surface area contributed by atoms with Gasteiger partial charge in [-0.3, -0.25) is 0 Å². The summed E-state index contributed by atoms with van der Waals surface area (Å²) in [5, 5.41) is 22.3. The van der Waals surface area contributed by atoms with Gasteiger partial charge in [0.25, 0.3) is 0 Å². The molecule has 0 bridgehead atoms. The Morgan fingerprint density at radius 3 is 2.52 bits per heavy atom. The van der Waals surface area contributed by atoms with E-state index in [1.54, 1.807) is 12.1 Å². The van der Waals surface area contributed by atoms with Crippen LogP contribution in [0.25, 0.3) is 10.8 Å². The molecule has 3 heteroatoms. The molecule has 0 saturated heterocycles. The number of rotatable bonds is 2. The van der Waals surface area contributed by atoms with Crippen LogP contribution in [0.5, 0.6) is 11.5 Å². The van der Waals surface area contributed by atoms with Gasteiger partial charge in [0, 0.05) is 11.1 Å². The van der Waals surface area contributed by atoms with E-state index in [4.69, 9.17) is 4.74 Å². The van der Waals surface area contributed by atoms with E-state index in [9.17, 15) is 10.2 Å². The Hall–Kier alpha value is -2.96. The summed E-state index contributed by atoms with van der Waals surface area (Å²) >= 11 is 0. The van der Waals surface area contributed by atoms with E-state index in [-0.39, 0.29) is 5.75 Å². The first-order chi connectivity index (χ1) is 11.2. The lowest BCUT2D eigenvalue weighted by atomic mass is 10.1. The maximum absolute atomic E-state index is 10.2. The molecule has 0 spiro atoms. The molecule has 0 amide bonds. The van der Waals surface area contributed by atoms with Gasteiger partial charge in [-0.05, 0) is 41.1 Å². The molecule has 0 aliphatic carbocycles. The van der Waals surface area contributed by atoms with Crippen molar-refractivity contribution in [3.05, 3.63) is 71.8 Å². The highest BCUT2D eigenvalue weighted by Crippen LogP contribution is 2.28. The van der Waals surface area contributed by atoms with E-state index in [1.807, 2.05) is 42.5 Å². The molecule has 0 aromatic heterocycles. The average Bonchev–Trinajstić information content (AvgIpc) is 2.60. The van der Waals surface area contributed by atoms with Gasteiger partial charge in [-0.25, -0.2) is 0 Å². The SMILES string of the molecule is COc1ccc(O)c(C(O)C#Cc2ccc3ccccc3c2)c1. The standard InChI is InChI=1S/C20H16O3/c1-23-17-9-11-20(22)18(13-17)19(21)10-7-14-6-8-15-4-2-3-5-16(15)12-14/h2-6,8-9,11-13,19,21-22H,1H3. The number of aliphatic hydroxyl groups excluding tert-OH is 1. The molecule has 1 atom stereocenters. The first-order valence-electron chi connectivity index (χ1n) is 7.22. The molecule has 23 heavy (non-hydrogen) atoms. The number of phenolic OH excluding ortho intramolecular Hbond substituents is 1. The predicted octanol–water partition coefficient (Wildman–Crippen LogP) is 3.64. The van der Waals surface area contributed by atoms with Crippen molar-refractivity contribution in [2.45, 2.75) is 6.10 Å². The van der Waals surface area contributed by atoms with E-state index in [0.717, 1.165) is 16.3 Å². The second-order valence-corrected chi connectivity index (χ2v) is 5.16. The van der Waals surface area contributed by atoms with E-state index in [0.29, 0.717) is 11.3 Å². The summed E-state index contributed by atoms with van der Waals surface area (Å²) in [6, 6.07) is 18.6. The zero-order chi connectivity index (χ0) is 16.2. The molecule has 3 aromatic carbocycles. The first kappa shape index (κ1) is 15.0. The molecule has 114 valence electrons. The van der Waals surface area contributed by atoms with Crippen LogP contribution < -0.4 is 4.74 Å². The second kappa shape index (κ2) is 6.43. The zero-order valence-electron chi connectivity index (χ0n) is 12.7. The van der Waals surface area contributed by atoms with Crippen molar-refractivity contribution in [1.29, 1.82) is 0 Å². The Morgan fingerprint density at radius 1 is 0.957 bits per heavy atom. The molecule has 0 saturated carbocycles. The smallest absolute Gasteiger partial charge is 0.144 e. The molecular formula is C20H16O3. The minimum absolute atomic E-state index is 0.00823. The third kappa shape index (κ3) is 3.28. The lowest BCUT2D eigenvalue weighted by Crippen LogP contribution is -1.95. The number of aliphatic hydroxyl groups is 1. The lowest BCUT2D eigenvalue weighted by molar-refractivity contribution is 0.232. The van der Waals surface area contributed by atoms with E-state index in [1.165, 1.54) is 13.2 Å². The second-order valence-electron chi connectivity index (χ2n) is 5.16. The molecule has 0 heterocycles. The van der Waals surface area contributed by atoms with Crippen molar-refractivity contribution < 1.29 is 14.9 Å². The number of benzene rings is 3. The van der Waals surface area contributed by atoms with Gasteiger partial charge in [0.15, 0.2) is 0 Å². The zero-order valence-corrected chi connectivity index (χ0v) is 12.7. The van der Waals surface area contributed by atoms with Gasteiger partial charge in [0.1, 0.15) is 17.6 Å². The Morgan fingerprint density at radius 2 is 1.74 bits per heavy atom. The highest BCUT2D eigenvalue weighted by atomic mass is 16.5. The van der Waals surface area contributed by atoms with Crippen LogP contribution in [-0.4, -0.2) is 17.3 Å². The van der Waals surface area contributed by atoms with Crippen LogP contribution in [0.4, 0.5) is 0 Å². The highest BCUT2D eigenvalue weighted by molar-refractivity contribution is 5.83. The minimum atomic E-state index is -1.09. The van der Waals surface area contributed by atoms with E-state index < -0.39 is 6.10 Å².